The summed E-state index contributed by atoms with van der Waals surface area (Å²) in [4.78, 5) is 5.62. The Balaban J connectivity index is 2.27. The smallest absolute Gasteiger partial charge is 0.176 e. The SMILES string of the molecule is c1cc2c(o1)-c1ncsc1CCN2. The number of hydrogen-bond donors (Lipinski definition) is 1. The molecular weight excluding hydrogens is 184 g/mol. The van der Waals surface area contributed by atoms with Crippen LogP contribution in [0.25, 0.3) is 11.5 Å². The fraction of sp³-hybridized carbons (Fsp3) is 0.222. The number of thiazole rings is 1. The highest BCUT2D eigenvalue weighted by atomic mass is 32.1. The van der Waals surface area contributed by atoms with Gasteiger partial charge in [-0.15, -0.1) is 11.3 Å². The summed E-state index contributed by atoms with van der Waals surface area (Å²) >= 11 is 1.69. The minimum atomic E-state index is 0.883. The van der Waals surface area contributed by atoms with E-state index in [1.165, 1.54) is 4.88 Å². The zero-order chi connectivity index (χ0) is 8.67. The molecule has 3 nitrogen and oxygen atoms in total. The van der Waals surface area contributed by atoms with Crippen molar-refractivity contribution in [2.45, 2.75) is 6.42 Å². The molecule has 4 heteroatoms. The van der Waals surface area contributed by atoms with E-state index in [0.717, 1.165) is 30.1 Å². The van der Waals surface area contributed by atoms with Gasteiger partial charge in [0.2, 0.25) is 0 Å². The lowest BCUT2D eigenvalue weighted by atomic mass is 10.2. The van der Waals surface area contributed by atoms with Crippen LogP contribution in [0, 0.1) is 0 Å². The molecule has 1 aliphatic heterocycles. The molecule has 0 aliphatic carbocycles. The van der Waals surface area contributed by atoms with Gasteiger partial charge in [0, 0.05) is 23.9 Å². The zero-order valence-corrected chi connectivity index (χ0v) is 7.73. The number of hydrogen-bond acceptors (Lipinski definition) is 4. The number of aromatic nitrogens is 1. The van der Waals surface area contributed by atoms with E-state index in [9.17, 15) is 0 Å². The summed E-state index contributed by atoms with van der Waals surface area (Å²) in [5.41, 5.74) is 3.95. The molecule has 0 saturated heterocycles. The number of fused-ring (bicyclic) bond motifs is 3. The lowest BCUT2D eigenvalue weighted by molar-refractivity contribution is 0.581. The molecule has 3 heterocycles. The molecule has 3 rings (SSSR count). The van der Waals surface area contributed by atoms with Crippen LogP contribution in [0.3, 0.4) is 0 Å². The van der Waals surface area contributed by atoms with Gasteiger partial charge in [-0.1, -0.05) is 0 Å². The number of rotatable bonds is 0. The summed E-state index contributed by atoms with van der Waals surface area (Å²) in [6.07, 6.45) is 2.73. The fourth-order valence-corrected chi connectivity index (χ4v) is 2.34. The van der Waals surface area contributed by atoms with Gasteiger partial charge in [0.1, 0.15) is 5.69 Å². The van der Waals surface area contributed by atoms with Crippen molar-refractivity contribution < 1.29 is 4.42 Å². The first-order valence-corrected chi connectivity index (χ1v) is 5.07. The van der Waals surface area contributed by atoms with Gasteiger partial charge < -0.3 is 9.73 Å². The van der Waals surface area contributed by atoms with E-state index < -0.39 is 0 Å². The molecule has 66 valence electrons. The molecule has 0 radical (unpaired) electrons. The summed E-state index contributed by atoms with van der Waals surface area (Å²) in [6.45, 7) is 0.960. The third-order valence-electron chi connectivity index (χ3n) is 2.19. The Labute approximate surface area is 79.4 Å². The van der Waals surface area contributed by atoms with Crippen molar-refractivity contribution in [2.24, 2.45) is 0 Å². The van der Waals surface area contributed by atoms with Crippen molar-refractivity contribution in [3.63, 3.8) is 0 Å². The quantitative estimate of drug-likeness (QED) is 0.696. The van der Waals surface area contributed by atoms with Crippen molar-refractivity contribution in [3.8, 4) is 11.5 Å². The molecule has 0 unspecified atom stereocenters. The first kappa shape index (κ1) is 7.15. The summed E-state index contributed by atoms with van der Waals surface area (Å²) in [5.74, 6) is 0.883. The van der Waals surface area contributed by atoms with Crippen LogP contribution in [0.4, 0.5) is 5.69 Å². The van der Waals surface area contributed by atoms with Gasteiger partial charge in [0.05, 0.1) is 17.5 Å². The van der Waals surface area contributed by atoms with Crippen molar-refractivity contribution in [1.82, 2.24) is 4.98 Å². The monoisotopic (exact) mass is 192 g/mol. The molecule has 13 heavy (non-hydrogen) atoms. The third kappa shape index (κ3) is 0.986. The summed E-state index contributed by atoms with van der Waals surface area (Å²) in [6, 6.07) is 1.95. The number of nitrogens with one attached hydrogen (secondary N) is 1. The maximum atomic E-state index is 5.40. The first-order valence-electron chi connectivity index (χ1n) is 4.19. The molecule has 0 bridgehead atoms. The Kier molecular flexibility index (Phi) is 1.43. The third-order valence-corrected chi connectivity index (χ3v) is 3.08. The molecule has 0 amide bonds. The number of anilines is 1. The maximum Gasteiger partial charge on any atom is 0.176 e. The summed E-state index contributed by atoms with van der Waals surface area (Å²) < 4.78 is 5.40. The fourth-order valence-electron chi connectivity index (χ4n) is 1.58. The Morgan fingerprint density at radius 1 is 1.54 bits per heavy atom. The largest absolute Gasteiger partial charge is 0.460 e. The van der Waals surface area contributed by atoms with Gasteiger partial charge in [-0.2, -0.15) is 0 Å². The predicted molar refractivity (Wildman–Crippen MR) is 52.0 cm³/mol. The molecule has 0 saturated carbocycles. The van der Waals surface area contributed by atoms with Gasteiger partial charge in [-0.05, 0) is 0 Å². The van der Waals surface area contributed by atoms with Crippen molar-refractivity contribution >= 4 is 17.0 Å². The minimum absolute atomic E-state index is 0.883. The van der Waals surface area contributed by atoms with E-state index in [1.807, 2.05) is 11.6 Å². The molecule has 0 atom stereocenters. The average molecular weight is 192 g/mol. The van der Waals surface area contributed by atoms with Crippen LogP contribution in [-0.4, -0.2) is 11.5 Å². The van der Waals surface area contributed by atoms with E-state index in [2.05, 4.69) is 10.3 Å². The van der Waals surface area contributed by atoms with Crippen LogP contribution in [-0.2, 0) is 6.42 Å². The predicted octanol–water partition coefficient (Wildman–Crippen LogP) is 2.37. The second-order valence-electron chi connectivity index (χ2n) is 2.96. The molecule has 0 fully saturated rings. The second kappa shape index (κ2) is 2.60. The van der Waals surface area contributed by atoms with Gasteiger partial charge in [-0.25, -0.2) is 4.98 Å². The average Bonchev–Trinajstić information content (AvgIpc) is 2.72. The van der Waals surface area contributed by atoms with Crippen LogP contribution in [0.5, 0.6) is 0 Å². The van der Waals surface area contributed by atoms with Crippen LogP contribution in [0.1, 0.15) is 4.88 Å². The molecule has 0 spiro atoms. The van der Waals surface area contributed by atoms with Crippen LogP contribution >= 0.6 is 11.3 Å². The first-order chi connectivity index (χ1) is 6.45. The van der Waals surface area contributed by atoms with Crippen molar-refractivity contribution in [1.29, 1.82) is 0 Å². The van der Waals surface area contributed by atoms with E-state index in [-0.39, 0.29) is 0 Å². The van der Waals surface area contributed by atoms with Crippen LogP contribution in [0.2, 0.25) is 0 Å². The highest BCUT2D eigenvalue weighted by Crippen LogP contribution is 2.34. The Morgan fingerprint density at radius 3 is 3.54 bits per heavy atom. The molecule has 1 N–H and O–H groups in total. The number of nitrogens with zero attached hydrogens (tertiary/aromatic N) is 1. The molecular formula is C9H8N2OS. The van der Waals surface area contributed by atoms with Gasteiger partial charge >= 0.3 is 0 Å². The van der Waals surface area contributed by atoms with Crippen LogP contribution in [0.15, 0.2) is 22.3 Å². The maximum absolute atomic E-state index is 5.40. The van der Waals surface area contributed by atoms with E-state index in [0.29, 0.717) is 0 Å². The van der Waals surface area contributed by atoms with Gasteiger partial charge in [0.25, 0.3) is 0 Å². The molecule has 2 aromatic heterocycles. The Hall–Kier alpha value is -1.29. The van der Waals surface area contributed by atoms with Crippen molar-refractivity contribution in [3.05, 3.63) is 22.7 Å². The Morgan fingerprint density at radius 2 is 2.54 bits per heavy atom. The van der Waals surface area contributed by atoms with Gasteiger partial charge in [0.15, 0.2) is 5.76 Å². The van der Waals surface area contributed by atoms with E-state index in [1.54, 1.807) is 17.6 Å². The highest BCUT2D eigenvalue weighted by Gasteiger charge is 2.18. The molecule has 1 aliphatic rings. The van der Waals surface area contributed by atoms with Crippen molar-refractivity contribution in [2.75, 3.05) is 11.9 Å². The lowest BCUT2D eigenvalue weighted by Gasteiger charge is -1.97. The zero-order valence-electron chi connectivity index (χ0n) is 6.91. The van der Waals surface area contributed by atoms with Gasteiger partial charge in [-0.3, -0.25) is 0 Å². The standard InChI is InChI=1S/C9H8N2OS/c1-3-10-6-2-4-12-9(6)8-7(1)13-5-11-8/h2,4-5,10H,1,3H2. The summed E-state index contributed by atoms with van der Waals surface area (Å²) in [5, 5.41) is 3.31. The van der Waals surface area contributed by atoms with Crippen LogP contribution < -0.4 is 5.32 Å². The normalized spacial score (nSPS) is 14.2. The topological polar surface area (TPSA) is 38.1 Å². The number of furan rings is 1. The molecule has 2 aromatic rings. The minimum Gasteiger partial charge on any atom is -0.460 e. The van der Waals surface area contributed by atoms with E-state index >= 15 is 0 Å². The molecule has 0 aromatic carbocycles. The van der Waals surface area contributed by atoms with E-state index in [4.69, 9.17) is 4.42 Å². The highest BCUT2D eigenvalue weighted by molar-refractivity contribution is 7.10. The summed E-state index contributed by atoms with van der Waals surface area (Å²) in [7, 11) is 0. The second-order valence-corrected chi connectivity index (χ2v) is 3.90. The Bertz CT molecular complexity index is 392. The lowest BCUT2D eigenvalue weighted by Crippen LogP contribution is -2.00.